The molecule has 0 radical (unpaired) electrons. The second-order valence-corrected chi connectivity index (χ2v) is 12.2. The highest BCUT2D eigenvalue weighted by Crippen LogP contribution is 2.50. The topological polar surface area (TPSA) is 86.0 Å². The van der Waals surface area contributed by atoms with Gasteiger partial charge in [-0.15, -0.1) is 0 Å². The van der Waals surface area contributed by atoms with Crippen LogP contribution in [-0.4, -0.2) is 51.3 Å². The van der Waals surface area contributed by atoms with E-state index in [0.29, 0.717) is 28.6 Å². The van der Waals surface area contributed by atoms with Crippen molar-refractivity contribution in [2.75, 3.05) is 19.7 Å². The molecule has 0 amide bonds. The predicted octanol–water partition coefficient (Wildman–Crippen LogP) is 6.90. The quantitative estimate of drug-likeness (QED) is 0.245. The van der Waals surface area contributed by atoms with Crippen LogP contribution < -0.4 is 9.47 Å². The third-order valence-electron chi connectivity index (χ3n) is 9.13. The van der Waals surface area contributed by atoms with Gasteiger partial charge in [0.05, 0.1) is 40.9 Å². The summed E-state index contributed by atoms with van der Waals surface area (Å²) in [6.07, 6.45) is 2.90. The monoisotopic (exact) mass is 605 g/mol. The van der Waals surface area contributed by atoms with Crippen molar-refractivity contribution in [2.24, 2.45) is 0 Å². The number of para-hydroxylation sites is 1. The average Bonchev–Trinajstić information content (AvgIpc) is 3.51. The van der Waals surface area contributed by atoms with Crippen LogP contribution in [0.25, 0.3) is 11.0 Å². The van der Waals surface area contributed by atoms with Crippen molar-refractivity contribution in [2.45, 2.75) is 63.5 Å². The number of carboxylic acid groups (broad SMARTS) is 1. The number of ether oxygens (including phenoxy) is 3. The van der Waals surface area contributed by atoms with Crippen LogP contribution in [-0.2, 0) is 17.1 Å². The van der Waals surface area contributed by atoms with E-state index in [1.165, 1.54) is 6.07 Å². The van der Waals surface area contributed by atoms with E-state index in [1.54, 1.807) is 37.3 Å². The first kappa shape index (κ1) is 28.1. The summed E-state index contributed by atoms with van der Waals surface area (Å²) in [5.41, 5.74) is 3.23. The zero-order chi connectivity index (χ0) is 29.9. The van der Waals surface area contributed by atoms with E-state index in [-0.39, 0.29) is 23.6 Å². The van der Waals surface area contributed by atoms with Crippen molar-refractivity contribution in [3.63, 3.8) is 0 Å². The summed E-state index contributed by atoms with van der Waals surface area (Å²) in [6.45, 7) is 7.00. The van der Waals surface area contributed by atoms with Gasteiger partial charge in [0.15, 0.2) is 11.5 Å². The standard InChI is InChI=1S/C33H33ClFN3O5/c1-19(31-36-27-9-6-21(32(39)40)16-28(27)38(31)18-23-12-15-41-23)37-13-10-20(11-14-37)24-4-3-5-29-30(24)43-33(2,42-29)25-8-7-22(34)17-26(25)35/h3-9,16-17,19-20,23H,10-15,18H2,1-2H3,(H,39,40)/t19-,23-,33+/m0/s1. The zero-order valence-corrected chi connectivity index (χ0v) is 24.8. The Labute approximate surface area is 253 Å². The van der Waals surface area contributed by atoms with Gasteiger partial charge in [0.1, 0.15) is 11.6 Å². The molecule has 0 saturated carbocycles. The molecule has 1 N–H and O–H groups in total. The number of carboxylic acids is 1. The number of fused-ring (bicyclic) bond motifs is 2. The van der Waals surface area contributed by atoms with E-state index in [2.05, 4.69) is 22.5 Å². The van der Waals surface area contributed by atoms with Crippen LogP contribution in [0.4, 0.5) is 4.39 Å². The molecule has 10 heteroatoms. The first-order valence-corrected chi connectivity index (χ1v) is 15.1. The molecule has 0 unspecified atom stereocenters. The molecule has 3 aliphatic rings. The second kappa shape index (κ2) is 10.8. The molecular weight excluding hydrogens is 573 g/mol. The molecule has 0 bridgehead atoms. The van der Waals surface area contributed by atoms with Crippen molar-refractivity contribution >= 4 is 28.6 Å². The third-order valence-corrected chi connectivity index (χ3v) is 9.36. The van der Waals surface area contributed by atoms with Crippen LogP contribution in [0.3, 0.4) is 0 Å². The fourth-order valence-electron chi connectivity index (χ4n) is 6.62. The van der Waals surface area contributed by atoms with Crippen LogP contribution in [0.15, 0.2) is 54.6 Å². The lowest BCUT2D eigenvalue weighted by Gasteiger charge is -2.37. The molecular formula is C33H33ClFN3O5. The number of likely N-dealkylation sites (tertiary alicyclic amines) is 1. The largest absolute Gasteiger partial charge is 0.478 e. The normalized spacial score (nSPS) is 22.9. The molecule has 4 heterocycles. The van der Waals surface area contributed by atoms with Crippen LogP contribution in [0.2, 0.25) is 5.02 Å². The van der Waals surface area contributed by atoms with Crippen LogP contribution >= 0.6 is 11.6 Å². The first-order valence-electron chi connectivity index (χ1n) is 14.8. The van der Waals surface area contributed by atoms with E-state index in [9.17, 15) is 14.3 Å². The maximum Gasteiger partial charge on any atom is 0.335 e. The highest BCUT2D eigenvalue weighted by molar-refractivity contribution is 6.30. The molecule has 3 aliphatic heterocycles. The number of benzene rings is 3. The molecule has 0 aliphatic carbocycles. The molecule has 3 atom stereocenters. The lowest BCUT2D eigenvalue weighted by Crippen LogP contribution is -2.37. The maximum absolute atomic E-state index is 14.8. The Morgan fingerprint density at radius 3 is 2.63 bits per heavy atom. The molecule has 0 spiro atoms. The van der Waals surface area contributed by atoms with Crippen molar-refractivity contribution in [1.29, 1.82) is 0 Å². The molecule has 43 heavy (non-hydrogen) atoms. The van der Waals surface area contributed by atoms with Gasteiger partial charge in [0.25, 0.3) is 5.79 Å². The summed E-state index contributed by atoms with van der Waals surface area (Å²) in [5.74, 6) is -0.261. The van der Waals surface area contributed by atoms with Gasteiger partial charge in [-0.25, -0.2) is 14.2 Å². The van der Waals surface area contributed by atoms with Gasteiger partial charge in [0.2, 0.25) is 0 Å². The van der Waals surface area contributed by atoms with Gasteiger partial charge in [-0.2, -0.15) is 0 Å². The number of halogens is 2. The molecule has 1 aromatic heterocycles. The number of aromatic carboxylic acids is 1. The number of rotatable bonds is 7. The number of imidazole rings is 1. The Balaban J connectivity index is 1.10. The summed E-state index contributed by atoms with van der Waals surface area (Å²) >= 11 is 5.98. The van der Waals surface area contributed by atoms with Gasteiger partial charge in [-0.3, -0.25) is 4.90 Å². The fraction of sp³-hybridized carbons (Fsp3) is 0.394. The van der Waals surface area contributed by atoms with Gasteiger partial charge >= 0.3 is 5.97 Å². The van der Waals surface area contributed by atoms with Gasteiger partial charge in [0, 0.05) is 24.1 Å². The summed E-state index contributed by atoms with van der Waals surface area (Å²) in [7, 11) is 0. The van der Waals surface area contributed by atoms with E-state index in [4.69, 9.17) is 30.8 Å². The molecule has 224 valence electrons. The number of piperidine rings is 1. The highest BCUT2D eigenvalue weighted by Gasteiger charge is 2.43. The minimum atomic E-state index is -1.29. The summed E-state index contributed by atoms with van der Waals surface area (Å²) in [4.78, 5) is 19.1. The Kier molecular flexibility index (Phi) is 7.07. The van der Waals surface area contributed by atoms with Crippen LogP contribution in [0, 0.1) is 5.82 Å². The second-order valence-electron chi connectivity index (χ2n) is 11.8. The van der Waals surface area contributed by atoms with Gasteiger partial charge < -0.3 is 23.9 Å². The Bertz CT molecular complexity index is 1710. The molecule has 2 fully saturated rings. The van der Waals surface area contributed by atoms with Gasteiger partial charge in [-0.1, -0.05) is 23.7 Å². The predicted molar refractivity (Wildman–Crippen MR) is 159 cm³/mol. The minimum Gasteiger partial charge on any atom is -0.478 e. The zero-order valence-electron chi connectivity index (χ0n) is 24.1. The summed E-state index contributed by atoms with van der Waals surface area (Å²) in [5, 5.41) is 9.90. The Hall–Kier alpha value is -3.66. The number of hydrogen-bond donors (Lipinski definition) is 1. The fourth-order valence-corrected chi connectivity index (χ4v) is 6.77. The van der Waals surface area contributed by atoms with E-state index in [1.807, 2.05) is 12.1 Å². The van der Waals surface area contributed by atoms with Gasteiger partial charge in [-0.05, 0) is 87.7 Å². The lowest BCUT2D eigenvalue weighted by atomic mass is 9.88. The van der Waals surface area contributed by atoms with Crippen molar-refractivity contribution in [3.05, 3.63) is 88.0 Å². The smallest absolute Gasteiger partial charge is 0.335 e. The molecule has 2 saturated heterocycles. The Morgan fingerprint density at radius 2 is 1.93 bits per heavy atom. The van der Waals surface area contributed by atoms with Crippen molar-refractivity contribution in [3.8, 4) is 11.5 Å². The number of aromatic nitrogens is 2. The van der Waals surface area contributed by atoms with Crippen molar-refractivity contribution in [1.82, 2.24) is 14.5 Å². The first-order chi connectivity index (χ1) is 20.7. The number of nitrogens with zero attached hydrogens (tertiary/aromatic N) is 3. The SMILES string of the molecule is C[C@@H](c1nc2ccc(C(=O)O)cc2n1C[C@@H]1CCO1)N1CCC(c2cccc3c2O[C@](C)(c2ccc(Cl)cc2F)O3)CC1. The van der Waals surface area contributed by atoms with E-state index >= 15 is 0 Å². The van der Waals surface area contributed by atoms with E-state index in [0.717, 1.165) is 61.4 Å². The average molecular weight is 606 g/mol. The lowest BCUT2D eigenvalue weighted by molar-refractivity contribution is -0.0712. The summed E-state index contributed by atoms with van der Waals surface area (Å²) < 4.78 is 35.3. The molecule has 7 rings (SSSR count). The third kappa shape index (κ3) is 5.03. The number of carbonyl (C=O) groups is 1. The Morgan fingerprint density at radius 1 is 1.14 bits per heavy atom. The minimum absolute atomic E-state index is 0.0268. The maximum atomic E-state index is 14.8. The number of hydrogen-bond acceptors (Lipinski definition) is 6. The molecule has 4 aromatic rings. The van der Waals surface area contributed by atoms with E-state index < -0.39 is 17.6 Å². The summed E-state index contributed by atoms with van der Waals surface area (Å²) in [6, 6.07) is 15.6. The van der Waals surface area contributed by atoms with Crippen LogP contribution in [0.1, 0.15) is 72.4 Å². The molecule has 8 nitrogen and oxygen atoms in total. The molecule has 3 aromatic carbocycles. The van der Waals surface area contributed by atoms with Crippen LogP contribution in [0.5, 0.6) is 11.5 Å². The van der Waals surface area contributed by atoms with Crippen molar-refractivity contribution < 1.29 is 28.5 Å². The highest BCUT2D eigenvalue weighted by atomic mass is 35.5.